The number of nitrogens with zero attached hydrogens (tertiary/aromatic N) is 1. The largest absolute Gasteiger partial charge is 0.480 e. The lowest BCUT2D eigenvalue weighted by Crippen LogP contribution is -2.44. The van der Waals surface area contributed by atoms with Crippen molar-refractivity contribution in [3.63, 3.8) is 0 Å². The quantitative estimate of drug-likeness (QED) is 0.809. The van der Waals surface area contributed by atoms with Gasteiger partial charge < -0.3 is 15.3 Å². The highest BCUT2D eigenvalue weighted by atomic mass is 19.2. The second-order valence-corrected chi connectivity index (χ2v) is 6.87. The van der Waals surface area contributed by atoms with E-state index in [0.29, 0.717) is 38.9 Å². The average Bonchev–Trinajstić information content (AvgIpc) is 3.00. The lowest BCUT2D eigenvalue weighted by Gasteiger charge is -2.39. The molecule has 2 aliphatic heterocycles. The van der Waals surface area contributed by atoms with Gasteiger partial charge in [0, 0.05) is 25.2 Å². The van der Waals surface area contributed by atoms with Crippen LogP contribution in [0.3, 0.4) is 0 Å². The van der Waals surface area contributed by atoms with Gasteiger partial charge in [-0.2, -0.15) is 0 Å². The van der Waals surface area contributed by atoms with Crippen molar-refractivity contribution >= 4 is 11.9 Å². The van der Waals surface area contributed by atoms with Crippen LogP contribution in [0.15, 0.2) is 12.1 Å². The fraction of sp³-hybridized carbons (Fsp3) is 0.529. The molecule has 1 amide bonds. The summed E-state index contributed by atoms with van der Waals surface area (Å²) in [5.41, 5.74) is -0.301. The number of rotatable bonds is 3. The number of aliphatic carboxylic acids is 1. The maximum Gasteiger partial charge on any atom is 0.320 e. The molecule has 0 bridgehead atoms. The summed E-state index contributed by atoms with van der Waals surface area (Å²) in [7, 11) is 0. The topological polar surface area (TPSA) is 69.6 Å². The standard InChI is InChI=1S/C17H19F3N2O3/c18-11-2-1-10(14(19)15(11)20)7-13(23)22-5-3-17(4-6-22)8-12(16(24)25)21-9-17/h1-2,12,21H,3-9H2,(H,24,25)/t12-/m0/s1. The first-order valence-corrected chi connectivity index (χ1v) is 8.18. The molecule has 136 valence electrons. The molecule has 3 rings (SSSR count). The van der Waals surface area contributed by atoms with Gasteiger partial charge >= 0.3 is 5.97 Å². The molecule has 2 heterocycles. The van der Waals surface area contributed by atoms with Gasteiger partial charge in [0.15, 0.2) is 17.5 Å². The van der Waals surface area contributed by atoms with Crippen LogP contribution < -0.4 is 5.32 Å². The van der Waals surface area contributed by atoms with Gasteiger partial charge in [0.05, 0.1) is 6.42 Å². The van der Waals surface area contributed by atoms with Crippen LogP contribution in [0.5, 0.6) is 0 Å². The molecule has 1 atom stereocenters. The molecule has 5 nitrogen and oxygen atoms in total. The van der Waals surface area contributed by atoms with Crippen molar-refractivity contribution in [2.45, 2.75) is 31.7 Å². The Hall–Kier alpha value is -2.09. The van der Waals surface area contributed by atoms with Gasteiger partial charge in [0.2, 0.25) is 5.91 Å². The van der Waals surface area contributed by atoms with Crippen molar-refractivity contribution in [1.82, 2.24) is 10.2 Å². The van der Waals surface area contributed by atoms with Gasteiger partial charge in [-0.05, 0) is 30.7 Å². The fourth-order valence-electron chi connectivity index (χ4n) is 3.68. The molecule has 1 spiro atoms. The van der Waals surface area contributed by atoms with Crippen molar-refractivity contribution in [2.24, 2.45) is 5.41 Å². The van der Waals surface area contributed by atoms with Crippen molar-refractivity contribution in [2.75, 3.05) is 19.6 Å². The zero-order chi connectivity index (χ0) is 18.2. The zero-order valence-corrected chi connectivity index (χ0v) is 13.5. The van der Waals surface area contributed by atoms with E-state index in [-0.39, 0.29) is 23.3 Å². The second kappa shape index (κ2) is 6.67. The van der Waals surface area contributed by atoms with Gasteiger partial charge in [-0.15, -0.1) is 0 Å². The van der Waals surface area contributed by atoms with E-state index in [1.807, 2.05) is 0 Å². The van der Waals surface area contributed by atoms with E-state index >= 15 is 0 Å². The molecule has 1 aromatic carbocycles. The first-order valence-electron chi connectivity index (χ1n) is 8.18. The molecule has 2 saturated heterocycles. The fourth-order valence-corrected chi connectivity index (χ4v) is 3.68. The maximum absolute atomic E-state index is 13.7. The number of carbonyl (C=O) groups excluding carboxylic acids is 1. The molecular weight excluding hydrogens is 337 g/mol. The van der Waals surface area contributed by atoms with E-state index in [4.69, 9.17) is 5.11 Å². The van der Waals surface area contributed by atoms with E-state index in [0.717, 1.165) is 12.1 Å². The molecule has 2 fully saturated rings. The van der Waals surface area contributed by atoms with Gasteiger partial charge in [-0.25, -0.2) is 13.2 Å². The molecule has 0 aliphatic carbocycles. The summed E-state index contributed by atoms with van der Waals surface area (Å²) < 4.78 is 39.9. The van der Waals surface area contributed by atoms with Gasteiger partial charge in [0.1, 0.15) is 6.04 Å². The molecule has 0 aromatic heterocycles. The predicted octanol–water partition coefficient (Wildman–Crippen LogP) is 1.70. The lowest BCUT2D eigenvalue weighted by atomic mass is 9.76. The zero-order valence-electron chi connectivity index (χ0n) is 13.5. The summed E-state index contributed by atoms with van der Waals surface area (Å²) >= 11 is 0. The van der Waals surface area contributed by atoms with Crippen molar-refractivity contribution in [1.29, 1.82) is 0 Å². The molecule has 1 aromatic rings. The summed E-state index contributed by atoms with van der Waals surface area (Å²) in [5.74, 6) is -5.40. The first-order chi connectivity index (χ1) is 11.8. The molecule has 2 N–H and O–H groups in total. The van der Waals surface area contributed by atoms with Crippen LogP contribution in [0.25, 0.3) is 0 Å². The minimum absolute atomic E-state index is 0.132. The second-order valence-electron chi connectivity index (χ2n) is 6.87. The van der Waals surface area contributed by atoms with Crippen LogP contribution in [0.1, 0.15) is 24.8 Å². The van der Waals surface area contributed by atoms with Crippen LogP contribution in [0, 0.1) is 22.9 Å². The Balaban J connectivity index is 1.59. The highest BCUT2D eigenvalue weighted by Crippen LogP contribution is 2.39. The Labute approximate surface area is 142 Å². The van der Waals surface area contributed by atoms with Crippen molar-refractivity contribution in [3.05, 3.63) is 35.1 Å². The molecule has 8 heteroatoms. The SMILES string of the molecule is O=C(O)[C@@H]1CC2(CCN(C(=O)Cc3ccc(F)c(F)c3F)CC2)CN1. The summed E-state index contributed by atoms with van der Waals surface area (Å²) in [5, 5.41) is 12.1. The number of hydrogen-bond acceptors (Lipinski definition) is 3. The number of piperidine rings is 1. The normalized spacial score (nSPS) is 22.4. The third kappa shape index (κ3) is 3.49. The summed E-state index contributed by atoms with van der Waals surface area (Å²) in [4.78, 5) is 25.0. The highest BCUT2D eigenvalue weighted by molar-refractivity contribution is 5.79. The number of carboxylic acid groups (broad SMARTS) is 1. The average molecular weight is 356 g/mol. The Kier molecular flexibility index (Phi) is 4.73. The van der Waals surface area contributed by atoms with Gasteiger partial charge in [-0.1, -0.05) is 6.07 Å². The molecular formula is C17H19F3N2O3. The Bertz CT molecular complexity index is 703. The Morgan fingerprint density at radius 1 is 1.20 bits per heavy atom. The molecule has 25 heavy (non-hydrogen) atoms. The number of halogens is 3. The highest BCUT2D eigenvalue weighted by Gasteiger charge is 2.44. The third-order valence-electron chi connectivity index (χ3n) is 5.29. The first kappa shape index (κ1) is 17.7. The summed E-state index contributed by atoms with van der Waals surface area (Å²) in [6.07, 6.45) is 1.53. The summed E-state index contributed by atoms with van der Waals surface area (Å²) in [6, 6.07) is 1.33. The number of nitrogens with one attached hydrogen (secondary N) is 1. The minimum atomic E-state index is -1.57. The third-order valence-corrected chi connectivity index (χ3v) is 5.29. The number of carbonyl (C=O) groups is 2. The predicted molar refractivity (Wildman–Crippen MR) is 82.3 cm³/mol. The number of hydrogen-bond donors (Lipinski definition) is 2. The molecule has 0 radical (unpaired) electrons. The summed E-state index contributed by atoms with van der Waals surface area (Å²) in [6.45, 7) is 1.49. The smallest absolute Gasteiger partial charge is 0.320 e. The van der Waals surface area contributed by atoms with E-state index in [1.54, 1.807) is 4.90 Å². The number of benzene rings is 1. The Morgan fingerprint density at radius 2 is 1.88 bits per heavy atom. The van der Waals surface area contributed by atoms with Crippen LogP contribution in [0.4, 0.5) is 13.2 Å². The number of amides is 1. The molecule has 0 unspecified atom stereocenters. The maximum atomic E-state index is 13.7. The van der Waals surface area contributed by atoms with E-state index in [1.165, 1.54) is 0 Å². The van der Waals surface area contributed by atoms with E-state index in [2.05, 4.69) is 5.32 Å². The monoisotopic (exact) mass is 356 g/mol. The van der Waals surface area contributed by atoms with Crippen LogP contribution in [0.2, 0.25) is 0 Å². The lowest BCUT2D eigenvalue weighted by molar-refractivity contribution is -0.139. The van der Waals surface area contributed by atoms with Crippen LogP contribution in [-0.4, -0.2) is 47.6 Å². The number of likely N-dealkylation sites (tertiary alicyclic amines) is 1. The van der Waals surface area contributed by atoms with E-state index < -0.39 is 29.5 Å². The molecule has 2 aliphatic rings. The van der Waals surface area contributed by atoms with Gasteiger partial charge in [0.25, 0.3) is 0 Å². The molecule has 0 saturated carbocycles. The Morgan fingerprint density at radius 3 is 2.48 bits per heavy atom. The van der Waals surface area contributed by atoms with Crippen molar-refractivity contribution in [3.8, 4) is 0 Å². The minimum Gasteiger partial charge on any atom is -0.480 e. The van der Waals surface area contributed by atoms with Crippen LogP contribution >= 0.6 is 0 Å². The number of carboxylic acids is 1. The van der Waals surface area contributed by atoms with Crippen LogP contribution in [-0.2, 0) is 16.0 Å². The van der Waals surface area contributed by atoms with E-state index in [9.17, 15) is 22.8 Å². The van der Waals surface area contributed by atoms with Gasteiger partial charge in [-0.3, -0.25) is 9.59 Å². The van der Waals surface area contributed by atoms with Crippen molar-refractivity contribution < 1.29 is 27.9 Å².